The van der Waals surface area contributed by atoms with Crippen LogP contribution in [0.5, 0.6) is 5.75 Å². The minimum Gasteiger partial charge on any atom is -0.508 e. The molecule has 0 aliphatic carbocycles. The van der Waals surface area contributed by atoms with E-state index < -0.39 is 12.0 Å². The molecule has 0 aliphatic rings. The zero-order chi connectivity index (χ0) is 21.4. The molecule has 0 spiro atoms. The van der Waals surface area contributed by atoms with Crippen LogP contribution in [0.1, 0.15) is 43.5 Å². The molecule has 0 saturated heterocycles. The van der Waals surface area contributed by atoms with Crippen molar-refractivity contribution in [1.29, 1.82) is 0 Å². The van der Waals surface area contributed by atoms with E-state index in [1.807, 2.05) is 6.92 Å². The van der Waals surface area contributed by atoms with E-state index in [2.05, 4.69) is 10.6 Å². The van der Waals surface area contributed by atoms with Crippen LogP contribution in [0.2, 0.25) is 0 Å². The lowest BCUT2D eigenvalue weighted by Gasteiger charge is -2.18. The molecule has 0 aliphatic heterocycles. The van der Waals surface area contributed by atoms with Crippen molar-refractivity contribution in [1.82, 2.24) is 5.32 Å². The molecular weight excluding hydrogens is 372 g/mol. The number of methoxy groups -OCH3 is 1. The summed E-state index contributed by atoms with van der Waals surface area (Å²) in [5, 5.41) is 15.3. The van der Waals surface area contributed by atoms with Crippen LogP contribution in [0.3, 0.4) is 0 Å². The van der Waals surface area contributed by atoms with Crippen molar-refractivity contribution in [3.8, 4) is 16.9 Å². The number of hydrogen-bond donors (Lipinski definition) is 3. The molecule has 2 amide bonds. The summed E-state index contributed by atoms with van der Waals surface area (Å²) in [5.74, 6) is -1.08. The maximum atomic E-state index is 12.7. The van der Waals surface area contributed by atoms with Gasteiger partial charge in [-0.2, -0.15) is 0 Å². The summed E-state index contributed by atoms with van der Waals surface area (Å²) < 4.78 is 4.84. The molecule has 0 heterocycles. The number of nitrogens with one attached hydrogen (secondary N) is 2. The quantitative estimate of drug-likeness (QED) is 0.591. The lowest BCUT2D eigenvalue weighted by Crippen LogP contribution is -2.42. The maximum absolute atomic E-state index is 12.7. The standard InChI is InChI=1S/C22H26N2O5/c1-4-5-9-20(23-14(2)25)21(27)24-16-10-11-18(22(28)29-3)19(13-16)15-7-6-8-17(26)12-15/h6-8,10-13,20,26H,4-5,9H2,1-3H3,(H,23,25)(H,24,27)/t20-/m0/s1. The van der Waals surface area contributed by atoms with Gasteiger partial charge in [-0.1, -0.05) is 31.9 Å². The first kappa shape index (κ1) is 21.9. The molecule has 1 atom stereocenters. The zero-order valence-electron chi connectivity index (χ0n) is 16.8. The van der Waals surface area contributed by atoms with Crippen molar-refractivity contribution >= 4 is 23.5 Å². The summed E-state index contributed by atoms with van der Waals surface area (Å²) in [5.41, 5.74) is 1.88. The first-order valence-corrected chi connectivity index (χ1v) is 9.45. The Hall–Kier alpha value is -3.35. The lowest BCUT2D eigenvalue weighted by molar-refractivity contribution is -0.125. The third-order valence-corrected chi connectivity index (χ3v) is 4.39. The van der Waals surface area contributed by atoms with Gasteiger partial charge in [0.1, 0.15) is 11.8 Å². The number of rotatable bonds is 8. The number of carbonyl (C=O) groups is 3. The van der Waals surface area contributed by atoms with Gasteiger partial charge in [-0.15, -0.1) is 0 Å². The second-order valence-electron chi connectivity index (χ2n) is 6.69. The summed E-state index contributed by atoms with van der Waals surface area (Å²) in [6.07, 6.45) is 2.23. The molecule has 2 aromatic rings. The number of aromatic hydroxyl groups is 1. The van der Waals surface area contributed by atoms with E-state index in [1.54, 1.807) is 30.3 Å². The maximum Gasteiger partial charge on any atom is 0.338 e. The Morgan fingerprint density at radius 3 is 2.52 bits per heavy atom. The molecule has 0 fully saturated rings. The van der Waals surface area contributed by atoms with Crippen molar-refractivity contribution in [2.75, 3.05) is 12.4 Å². The Labute approximate surface area is 170 Å². The molecule has 2 rings (SSSR count). The second kappa shape index (κ2) is 10.3. The number of esters is 1. The van der Waals surface area contributed by atoms with Crippen molar-refractivity contribution < 1.29 is 24.2 Å². The molecule has 2 aromatic carbocycles. The molecule has 154 valence electrons. The van der Waals surface area contributed by atoms with Gasteiger partial charge in [0.2, 0.25) is 11.8 Å². The summed E-state index contributed by atoms with van der Waals surface area (Å²) in [7, 11) is 1.29. The molecule has 7 heteroatoms. The predicted octanol–water partition coefficient (Wildman–Crippen LogP) is 3.48. The van der Waals surface area contributed by atoms with Crippen molar-refractivity contribution in [2.24, 2.45) is 0 Å². The van der Waals surface area contributed by atoms with Gasteiger partial charge in [-0.05, 0) is 47.9 Å². The van der Waals surface area contributed by atoms with Gasteiger partial charge in [-0.3, -0.25) is 9.59 Å². The van der Waals surface area contributed by atoms with Crippen LogP contribution < -0.4 is 10.6 Å². The van der Waals surface area contributed by atoms with Gasteiger partial charge in [0, 0.05) is 12.6 Å². The highest BCUT2D eigenvalue weighted by Gasteiger charge is 2.20. The molecule has 0 unspecified atom stereocenters. The summed E-state index contributed by atoms with van der Waals surface area (Å²) in [6, 6.07) is 10.6. The summed E-state index contributed by atoms with van der Waals surface area (Å²) in [6.45, 7) is 3.38. The van der Waals surface area contributed by atoms with Crippen LogP contribution in [0.15, 0.2) is 42.5 Å². The van der Waals surface area contributed by atoms with Crippen LogP contribution in [-0.4, -0.2) is 36.0 Å². The molecule has 29 heavy (non-hydrogen) atoms. The first-order chi connectivity index (χ1) is 13.8. The number of phenolic OH excluding ortho intramolecular Hbond substituents is 1. The number of anilines is 1. The summed E-state index contributed by atoms with van der Waals surface area (Å²) in [4.78, 5) is 36.3. The number of benzene rings is 2. The Morgan fingerprint density at radius 2 is 1.90 bits per heavy atom. The molecule has 0 aromatic heterocycles. The monoisotopic (exact) mass is 398 g/mol. The van der Waals surface area contributed by atoms with Gasteiger partial charge < -0.3 is 20.5 Å². The number of carbonyl (C=O) groups excluding carboxylic acids is 3. The van der Waals surface area contributed by atoms with Crippen LogP contribution in [0, 0.1) is 0 Å². The van der Waals surface area contributed by atoms with E-state index >= 15 is 0 Å². The van der Waals surface area contributed by atoms with E-state index in [0.717, 1.165) is 12.8 Å². The third kappa shape index (κ3) is 6.07. The van der Waals surface area contributed by atoms with Crippen LogP contribution in [0.25, 0.3) is 11.1 Å². The smallest absolute Gasteiger partial charge is 0.338 e. The Bertz CT molecular complexity index is 895. The van der Waals surface area contributed by atoms with Crippen molar-refractivity contribution in [3.63, 3.8) is 0 Å². The largest absolute Gasteiger partial charge is 0.508 e. The van der Waals surface area contributed by atoms with Crippen LogP contribution >= 0.6 is 0 Å². The predicted molar refractivity (Wildman–Crippen MR) is 111 cm³/mol. The van der Waals surface area contributed by atoms with E-state index in [0.29, 0.717) is 28.8 Å². The van der Waals surface area contributed by atoms with Gasteiger partial charge in [0.25, 0.3) is 0 Å². The van der Waals surface area contributed by atoms with Gasteiger partial charge >= 0.3 is 5.97 Å². The van der Waals surface area contributed by atoms with E-state index in [1.165, 1.54) is 26.2 Å². The Balaban J connectivity index is 2.36. The molecular formula is C22H26N2O5. The number of unbranched alkanes of at least 4 members (excludes halogenated alkanes) is 1. The second-order valence-corrected chi connectivity index (χ2v) is 6.69. The molecule has 0 saturated carbocycles. The molecule has 3 N–H and O–H groups in total. The summed E-state index contributed by atoms with van der Waals surface area (Å²) >= 11 is 0. The average molecular weight is 398 g/mol. The highest BCUT2D eigenvalue weighted by atomic mass is 16.5. The fourth-order valence-electron chi connectivity index (χ4n) is 2.97. The number of phenols is 1. The average Bonchev–Trinajstić information content (AvgIpc) is 2.70. The number of ether oxygens (including phenoxy) is 1. The highest BCUT2D eigenvalue weighted by Crippen LogP contribution is 2.30. The van der Waals surface area contributed by atoms with Gasteiger partial charge in [0.05, 0.1) is 12.7 Å². The third-order valence-electron chi connectivity index (χ3n) is 4.39. The minimum atomic E-state index is -0.642. The number of hydrogen-bond acceptors (Lipinski definition) is 5. The van der Waals surface area contributed by atoms with E-state index in [9.17, 15) is 19.5 Å². The number of amides is 2. The molecule has 7 nitrogen and oxygen atoms in total. The van der Waals surface area contributed by atoms with Crippen LogP contribution in [-0.2, 0) is 14.3 Å². The van der Waals surface area contributed by atoms with Gasteiger partial charge in [-0.25, -0.2) is 4.79 Å². The van der Waals surface area contributed by atoms with Crippen LogP contribution in [0.4, 0.5) is 5.69 Å². The zero-order valence-corrected chi connectivity index (χ0v) is 16.8. The normalized spacial score (nSPS) is 11.4. The fourth-order valence-corrected chi connectivity index (χ4v) is 2.97. The highest BCUT2D eigenvalue weighted by molar-refractivity contribution is 6.01. The van der Waals surface area contributed by atoms with E-state index in [-0.39, 0.29) is 17.6 Å². The molecule has 0 bridgehead atoms. The van der Waals surface area contributed by atoms with Gasteiger partial charge in [0.15, 0.2) is 0 Å². The van der Waals surface area contributed by atoms with Crippen molar-refractivity contribution in [2.45, 2.75) is 39.2 Å². The minimum absolute atomic E-state index is 0.0537. The molecule has 0 radical (unpaired) electrons. The van der Waals surface area contributed by atoms with Crippen molar-refractivity contribution in [3.05, 3.63) is 48.0 Å². The SMILES string of the molecule is CCCC[C@H](NC(C)=O)C(=O)Nc1ccc(C(=O)OC)c(-c2cccc(O)c2)c1. The Morgan fingerprint density at radius 1 is 1.14 bits per heavy atom. The Kier molecular flexibility index (Phi) is 7.77. The van der Waals surface area contributed by atoms with E-state index in [4.69, 9.17) is 4.74 Å². The lowest BCUT2D eigenvalue weighted by atomic mass is 9.98. The topological polar surface area (TPSA) is 105 Å². The fraction of sp³-hybridized carbons (Fsp3) is 0.318. The first-order valence-electron chi connectivity index (χ1n) is 9.45.